The van der Waals surface area contributed by atoms with Crippen molar-refractivity contribution in [2.75, 3.05) is 6.54 Å². The molecule has 1 saturated heterocycles. The number of ether oxygens (including phenoxy) is 1. The van der Waals surface area contributed by atoms with E-state index in [-0.39, 0.29) is 30.8 Å². The van der Waals surface area contributed by atoms with E-state index in [0.717, 1.165) is 29.2 Å². The number of carbonyl (C=O) groups is 1. The highest BCUT2D eigenvalue weighted by Gasteiger charge is 2.25. The van der Waals surface area contributed by atoms with Gasteiger partial charge in [-0.05, 0) is 49.1 Å². The van der Waals surface area contributed by atoms with Crippen LogP contribution in [0.15, 0.2) is 42.5 Å². The molecule has 3 rings (SSSR count). The van der Waals surface area contributed by atoms with Crippen LogP contribution < -0.4 is 10.6 Å². The van der Waals surface area contributed by atoms with Crippen molar-refractivity contribution in [1.29, 1.82) is 0 Å². The zero-order chi connectivity index (χ0) is 17.8. The number of urea groups is 1. The van der Waals surface area contributed by atoms with Gasteiger partial charge >= 0.3 is 6.03 Å². The monoisotopic (exact) mass is 342 g/mol. The molecule has 134 valence electrons. The van der Waals surface area contributed by atoms with Crippen LogP contribution >= 0.6 is 0 Å². The van der Waals surface area contributed by atoms with E-state index in [9.17, 15) is 9.90 Å². The highest BCUT2D eigenvalue weighted by atomic mass is 16.5. The lowest BCUT2D eigenvalue weighted by Gasteiger charge is -2.32. The van der Waals surface area contributed by atoms with E-state index in [1.54, 1.807) is 0 Å². The fraction of sp³-hybridized carbons (Fsp3) is 0.450. The molecule has 3 atom stereocenters. The minimum Gasteiger partial charge on any atom is -0.387 e. The second kappa shape index (κ2) is 7.85. The molecule has 0 radical (unpaired) electrons. The maximum Gasteiger partial charge on any atom is 0.315 e. The Labute approximate surface area is 148 Å². The zero-order valence-corrected chi connectivity index (χ0v) is 14.7. The maximum atomic E-state index is 12.1. The average molecular weight is 342 g/mol. The zero-order valence-electron chi connectivity index (χ0n) is 14.7. The van der Waals surface area contributed by atoms with Crippen molar-refractivity contribution in [2.24, 2.45) is 0 Å². The summed E-state index contributed by atoms with van der Waals surface area (Å²) in [5.41, 5.74) is 0.798. The van der Waals surface area contributed by atoms with Crippen LogP contribution in [0.25, 0.3) is 10.8 Å². The van der Waals surface area contributed by atoms with E-state index in [4.69, 9.17) is 4.74 Å². The summed E-state index contributed by atoms with van der Waals surface area (Å²) >= 11 is 0. The molecule has 25 heavy (non-hydrogen) atoms. The first-order chi connectivity index (χ1) is 12.0. The Morgan fingerprint density at radius 1 is 1.16 bits per heavy atom. The normalized spacial score (nSPS) is 24.7. The summed E-state index contributed by atoms with van der Waals surface area (Å²) < 4.78 is 5.68. The van der Waals surface area contributed by atoms with Gasteiger partial charge in [0.2, 0.25) is 0 Å². The Morgan fingerprint density at radius 2 is 1.84 bits per heavy atom. The first-order valence-electron chi connectivity index (χ1n) is 8.88. The summed E-state index contributed by atoms with van der Waals surface area (Å²) in [5, 5.41) is 18.3. The Hall–Kier alpha value is -2.11. The van der Waals surface area contributed by atoms with Crippen molar-refractivity contribution in [3.05, 3.63) is 48.0 Å². The lowest BCUT2D eigenvalue weighted by atomic mass is 10.00. The van der Waals surface area contributed by atoms with Crippen molar-refractivity contribution in [3.63, 3.8) is 0 Å². The van der Waals surface area contributed by atoms with Crippen LogP contribution in [0, 0.1) is 0 Å². The molecule has 2 aromatic rings. The topological polar surface area (TPSA) is 70.6 Å². The van der Waals surface area contributed by atoms with Gasteiger partial charge in [0.1, 0.15) is 0 Å². The first kappa shape index (κ1) is 17.7. The van der Waals surface area contributed by atoms with Gasteiger partial charge in [-0.2, -0.15) is 0 Å². The largest absolute Gasteiger partial charge is 0.387 e. The molecule has 5 nitrogen and oxygen atoms in total. The summed E-state index contributed by atoms with van der Waals surface area (Å²) in [6.45, 7) is 4.22. The predicted molar refractivity (Wildman–Crippen MR) is 98.5 cm³/mol. The van der Waals surface area contributed by atoms with E-state index in [2.05, 4.69) is 10.6 Å². The van der Waals surface area contributed by atoms with Crippen molar-refractivity contribution in [3.8, 4) is 0 Å². The lowest BCUT2D eigenvalue weighted by Crippen LogP contribution is -2.48. The molecule has 2 aromatic carbocycles. The molecule has 3 N–H and O–H groups in total. The SMILES string of the molecule is CC1CC(NC(=O)NCC(O)c2ccc3ccccc3c2)CC(C)O1. The Bertz CT molecular complexity index is 724. The van der Waals surface area contributed by atoms with Gasteiger partial charge in [-0.1, -0.05) is 36.4 Å². The van der Waals surface area contributed by atoms with Gasteiger partial charge in [-0.25, -0.2) is 4.79 Å². The predicted octanol–water partition coefficient (Wildman–Crippen LogP) is 3.13. The fourth-order valence-electron chi connectivity index (χ4n) is 3.48. The number of fused-ring (bicyclic) bond motifs is 1. The maximum absolute atomic E-state index is 12.1. The fourth-order valence-corrected chi connectivity index (χ4v) is 3.48. The standard InChI is InChI=1S/C20H26N2O3/c1-13-9-18(10-14(2)25-13)22-20(24)21-12-19(23)17-8-7-15-5-3-4-6-16(15)11-17/h3-8,11,13-14,18-19,23H,9-10,12H2,1-2H3,(H2,21,22,24). The van der Waals surface area contributed by atoms with Gasteiger partial charge in [-0.15, -0.1) is 0 Å². The van der Waals surface area contributed by atoms with Crippen molar-refractivity contribution in [1.82, 2.24) is 10.6 Å². The number of carbonyl (C=O) groups excluding carboxylic acids is 1. The van der Waals surface area contributed by atoms with E-state index >= 15 is 0 Å². The highest BCUT2D eigenvalue weighted by Crippen LogP contribution is 2.21. The minimum atomic E-state index is -0.733. The van der Waals surface area contributed by atoms with Gasteiger partial charge in [0.25, 0.3) is 0 Å². The second-order valence-corrected chi connectivity index (χ2v) is 6.90. The third-order valence-electron chi connectivity index (χ3n) is 4.65. The van der Waals surface area contributed by atoms with Crippen molar-refractivity contribution in [2.45, 2.75) is 51.0 Å². The molecule has 1 aliphatic rings. The third-order valence-corrected chi connectivity index (χ3v) is 4.65. The minimum absolute atomic E-state index is 0.108. The smallest absolute Gasteiger partial charge is 0.315 e. The van der Waals surface area contributed by atoms with E-state index < -0.39 is 6.10 Å². The molecule has 1 fully saturated rings. The molecular formula is C20H26N2O3. The molecule has 1 heterocycles. The number of aliphatic hydroxyl groups excluding tert-OH is 1. The third kappa shape index (κ3) is 4.71. The summed E-state index contributed by atoms with van der Waals surface area (Å²) in [4.78, 5) is 12.1. The van der Waals surface area contributed by atoms with Crippen LogP contribution in [-0.2, 0) is 4.74 Å². The van der Waals surface area contributed by atoms with Crippen LogP contribution in [0.2, 0.25) is 0 Å². The van der Waals surface area contributed by atoms with E-state index in [0.29, 0.717) is 0 Å². The van der Waals surface area contributed by atoms with Gasteiger partial charge in [0.15, 0.2) is 0 Å². The first-order valence-corrected chi connectivity index (χ1v) is 8.88. The molecule has 0 bridgehead atoms. The number of hydrogen-bond donors (Lipinski definition) is 3. The molecule has 3 unspecified atom stereocenters. The van der Waals surface area contributed by atoms with Crippen molar-refractivity contribution >= 4 is 16.8 Å². The number of benzene rings is 2. The summed E-state index contributed by atoms with van der Waals surface area (Å²) in [6, 6.07) is 13.7. The molecule has 5 heteroatoms. The van der Waals surface area contributed by atoms with Gasteiger partial charge in [0, 0.05) is 12.6 Å². The molecule has 0 aliphatic carbocycles. The van der Waals surface area contributed by atoms with Crippen LogP contribution in [0.5, 0.6) is 0 Å². The van der Waals surface area contributed by atoms with E-state index in [1.165, 1.54) is 0 Å². The Morgan fingerprint density at radius 3 is 2.56 bits per heavy atom. The lowest BCUT2D eigenvalue weighted by molar-refractivity contribution is -0.0402. The van der Waals surface area contributed by atoms with Crippen LogP contribution in [0.1, 0.15) is 38.4 Å². The Balaban J connectivity index is 1.52. The molecule has 2 amide bonds. The van der Waals surface area contributed by atoms with Crippen LogP contribution in [-0.4, -0.2) is 35.9 Å². The molecular weight excluding hydrogens is 316 g/mol. The molecule has 0 aromatic heterocycles. The quantitative estimate of drug-likeness (QED) is 0.799. The number of hydrogen-bond acceptors (Lipinski definition) is 3. The van der Waals surface area contributed by atoms with Gasteiger partial charge < -0.3 is 20.5 Å². The second-order valence-electron chi connectivity index (χ2n) is 6.90. The van der Waals surface area contributed by atoms with E-state index in [1.807, 2.05) is 56.3 Å². The van der Waals surface area contributed by atoms with Crippen molar-refractivity contribution < 1.29 is 14.6 Å². The van der Waals surface area contributed by atoms with Gasteiger partial charge in [-0.3, -0.25) is 0 Å². The summed E-state index contributed by atoms with van der Waals surface area (Å²) in [6.07, 6.45) is 1.19. The summed E-state index contributed by atoms with van der Waals surface area (Å²) in [7, 11) is 0. The molecule has 0 spiro atoms. The summed E-state index contributed by atoms with van der Waals surface area (Å²) in [5.74, 6) is 0. The van der Waals surface area contributed by atoms with Crippen LogP contribution in [0.4, 0.5) is 4.79 Å². The van der Waals surface area contributed by atoms with Crippen LogP contribution in [0.3, 0.4) is 0 Å². The number of amides is 2. The number of rotatable bonds is 4. The molecule has 0 saturated carbocycles. The van der Waals surface area contributed by atoms with Gasteiger partial charge in [0.05, 0.1) is 18.3 Å². The average Bonchev–Trinajstić information content (AvgIpc) is 2.58. The number of aliphatic hydroxyl groups is 1. The molecule has 1 aliphatic heterocycles. The Kier molecular flexibility index (Phi) is 5.56. The number of nitrogens with one attached hydrogen (secondary N) is 2. The highest BCUT2D eigenvalue weighted by molar-refractivity contribution is 5.83.